The SMILES string of the molecule is CCONC(=O)c1sc(C)nc1-c1ccccc1. The van der Waals surface area contributed by atoms with Crippen molar-refractivity contribution in [2.45, 2.75) is 13.8 Å². The van der Waals surface area contributed by atoms with Gasteiger partial charge in [0.25, 0.3) is 5.91 Å². The maximum atomic E-state index is 11.9. The topological polar surface area (TPSA) is 51.2 Å². The number of aryl methyl sites for hydroxylation is 1. The van der Waals surface area contributed by atoms with Gasteiger partial charge in [-0.3, -0.25) is 9.63 Å². The zero-order valence-corrected chi connectivity index (χ0v) is 11.1. The lowest BCUT2D eigenvalue weighted by atomic mass is 10.1. The molecular weight excluding hydrogens is 248 g/mol. The fourth-order valence-electron chi connectivity index (χ4n) is 1.56. The lowest BCUT2D eigenvalue weighted by molar-refractivity contribution is 0.0369. The van der Waals surface area contributed by atoms with E-state index in [-0.39, 0.29) is 5.91 Å². The van der Waals surface area contributed by atoms with Crippen LogP contribution in [0.1, 0.15) is 21.6 Å². The molecule has 94 valence electrons. The maximum absolute atomic E-state index is 11.9. The minimum absolute atomic E-state index is 0.249. The Labute approximate surface area is 110 Å². The molecule has 1 amide bonds. The van der Waals surface area contributed by atoms with Gasteiger partial charge in [-0.15, -0.1) is 11.3 Å². The van der Waals surface area contributed by atoms with Crippen LogP contribution in [0.25, 0.3) is 11.3 Å². The van der Waals surface area contributed by atoms with Crippen molar-refractivity contribution in [3.05, 3.63) is 40.2 Å². The van der Waals surface area contributed by atoms with Gasteiger partial charge in [0.05, 0.1) is 17.3 Å². The Balaban J connectivity index is 2.34. The van der Waals surface area contributed by atoms with E-state index in [0.717, 1.165) is 10.6 Å². The molecule has 0 saturated heterocycles. The highest BCUT2D eigenvalue weighted by molar-refractivity contribution is 7.14. The monoisotopic (exact) mass is 262 g/mol. The van der Waals surface area contributed by atoms with Crippen LogP contribution >= 0.6 is 11.3 Å². The van der Waals surface area contributed by atoms with Gasteiger partial charge in [0.2, 0.25) is 0 Å². The van der Waals surface area contributed by atoms with Gasteiger partial charge in [-0.25, -0.2) is 10.5 Å². The summed E-state index contributed by atoms with van der Waals surface area (Å²) >= 11 is 1.36. The highest BCUT2D eigenvalue weighted by Gasteiger charge is 2.17. The second-order valence-corrected chi connectivity index (χ2v) is 4.84. The Hall–Kier alpha value is -1.72. The van der Waals surface area contributed by atoms with Crippen LogP contribution in [0.15, 0.2) is 30.3 Å². The van der Waals surface area contributed by atoms with Crippen LogP contribution in [-0.4, -0.2) is 17.5 Å². The van der Waals surface area contributed by atoms with Crippen LogP contribution < -0.4 is 5.48 Å². The Morgan fingerprint density at radius 3 is 2.78 bits per heavy atom. The van der Waals surface area contributed by atoms with Crippen molar-refractivity contribution in [2.24, 2.45) is 0 Å². The first-order valence-electron chi connectivity index (χ1n) is 5.67. The van der Waals surface area contributed by atoms with Crippen LogP contribution in [0, 0.1) is 6.92 Å². The number of rotatable bonds is 4. The summed E-state index contributed by atoms with van der Waals surface area (Å²) in [5, 5.41) is 0.857. The molecule has 0 saturated carbocycles. The van der Waals surface area contributed by atoms with Crippen LogP contribution in [0.3, 0.4) is 0 Å². The summed E-state index contributed by atoms with van der Waals surface area (Å²) in [6.07, 6.45) is 0. The van der Waals surface area contributed by atoms with Crippen LogP contribution in [0.5, 0.6) is 0 Å². The molecule has 1 heterocycles. The van der Waals surface area contributed by atoms with E-state index in [1.54, 1.807) is 0 Å². The second kappa shape index (κ2) is 5.75. The number of carbonyl (C=O) groups excluding carboxylic acids is 1. The minimum atomic E-state index is -0.249. The first-order valence-corrected chi connectivity index (χ1v) is 6.49. The van der Waals surface area contributed by atoms with E-state index in [9.17, 15) is 4.79 Å². The van der Waals surface area contributed by atoms with E-state index in [4.69, 9.17) is 4.84 Å². The maximum Gasteiger partial charge on any atom is 0.287 e. The molecule has 1 N–H and O–H groups in total. The Kier molecular flexibility index (Phi) is 4.07. The molecule has 0 fully saturated rings. The molecule has 0 spiro atoms. The van der Waals surface area contributed by atoms with Gasteiger partial charge in [0, 0.05) is 5.56 Å². The van der Waals surface area contributed by atoms with Crippen molar-refractivity contribution in [1.82, 2.24) is 10.5 Å². The molecule has 4 nitrogen and oxygen atoms in total. The standard InChI is InChI=1S/C13H14N2O2S/c1-3-17-15-13(16)12-11(14-9(2)18-12)10-7-5-4-6-8-10/h4-8H,3H2,1-2H3,(H,15,16). The predicted molar refractivity (Wildman–Crippen MR) is 71.4 cm³/mol. The lowest BCUT2D eigenvalue weighted by Gasteiger charge is -2.03. The minimum Gasteiger partial charge on any atom is -0.274 e. The number of carbonyl (C=O) groups is 1. The van der Waals surface area contributed by atoms with Crippen molar-refractivity contribution in [1.29, 1.82) is 0 Å². The number of nitrogens with zero attached hydrogens (tertiary/aromatic N) is 1. The molecule has 0 unspecified atom stereocenters. The van der Waals surface area contributed by atoms with E-state index in [1.165, 1.54) is 11.3 Å². The second-order valence-electron chi connectivity index (χ2n) is 3.64. The number of amides is 1. The van der Waals surface area contributed by atoms with Gasteiger partial charge in [0.1, 0.15) is 4.88 Å². The van der Waals surface area contributed by atoms with Gasteiger partial charge >= 0.3 is 0 Å². The first kappa shape index (κ1) is 12.7. The fraction of sp³-hybridized carbons (Fsp3) is 0.231. The Morgan fingerprint density at radius 1 is 1.39 bits per heavy atom. The molecular formula is C13H14N2O2S. The van der Waals surface area contributed by atoms with Crippen LogP contribution in [0.2, 0.25) is 0 Å². The van der Waals surface area contributed by atoms with Crippen molar-refractivity contribution in [3.63, 3.8) is 0 Å². The average Bonchev–Trinajstić information content (AvgIpc) is 2.79. The quantitative estimate of drug-likeness (QED) is 0.862. The lowest BCUT2D eigenvalue weighted by Crippen LogP contribution is -2.23. The van der Waals surface area contributed by atoms with E-state index >= 15 is 0 Å². The predicted octanol–water partition coefficient (Wildman–Crippen LogP) is 2.80. The summed E-state index contributed by atoms with van der Waals surface area (Å²) in [7, 11) is 0. The molecule has 2 aromatic rings. The first-order chi connectivity index (χ1) is 8.72. The summed E-state index contributed by atoms with van der Waals surface area (Å²) in [6.45, 7) is 4.13. The van der Waals surface area contributed by atoms with Gasteiger partial charge in [-0.1, -0.05) is 30.3 Å². The Morgan fingerprint density at radius 2 is 2.11 bits per heavy atom. The van der Waals surface area contributed by atoms with Gasteiger partial charge in [-0.05, 0) is 13.8 Å². The van der Waals surface area contributed by atoms with E-state index in [0.29, 0.717) is 17.2 Å². The smallest absolute Gasteiger partial charge is 0.274 e. The van der Waals surface area contributed by atoms with Crippen LogP contribution in [0.4, 0.5) is 0 Å². The molecule has 0 atom stereocenters. The number of benzene rings is 1. The number of aromatic nitrogens is 1. The molecule has 1 aromatic heterocycles. The highest BCUT2D eigenvalue weighted by atomic mass is 32.1. The third kappa shape index (κ3) is 2.75. The van der Waals surface area contributed by atoms with Gasteiger partial charge in [-0.2, -0.15) is 0 Å². The van der Waals surface area contributed by atoms with Crippen molar-refractivity contribution < 1.29 is 9.63 Å². The molecule has 18 heavy (non-hydrogen) atoms. The van der Waals surface area contributed by atoms with Crippen molar-refractivity contribution in [2.75, 3.05) is 6.61 Å². The molecule has 0 aliphatic carbocycles. The highest BCUT2D eigenvalue weighted by Crippen LogP contribution is 2.27. The molecule has 2 rings (SSSR count). The molecule has 5 heteroatoms. The van der Waals surface area contributed by atoms with Crippen LogP contribution in [-0.2, 0) is 4.84 Å². The molecule has 1 aromatic carbocycles. The summed E-state index contributed by atoms with van der Waals surface area (Å²) in [4.78, 5) is 21.9. The normalized spacial score (nSPS) is 10.3. The molecule has 0 aliphatic rings. The molecule has 0 radical (unpaired) electrons. The number of hydrogen-bond acceptors (Lipinski definition) is 4. The summed E-state index contributed by atoms with van der Waals surface area (Å²) in [6, 6.07) is 9.66. The molecule has 0 bridgehead atoms. The molecule has 0 aliphatic heterocycles. The third-order valence-electron chi connectivity index (χ3n) is 2.30. The summed E-state index contributed by atoms with van der Waals surface area (Å²) < 4.78 is 0. The van der Waals surface area contributed by atoms with E-state index < -0.39 is 0 Å². The zero-order valence-electron chi connectivity index (χ0n) is 10.3. The largest absolute Gasteiger partial charge is 0.287 e. The summed E-state index contributed by atoms with van der Waals surface area (Å²) in [5.41, 5.74) is 4.04. The zero-order chi connectivity index (χ0) is 13.0. The Bertz CT molecular complexity index is 537. The van der Waals surface area contributed by atoms with Gasteiger partial charge < -0.3 is 0 Å². The number of hydroxylamine groups is 1. The number of nitrogens with one attached hydrogen (secondary N) is 1. The number of hydrogen-bond donors (Lipinski definition) is 1. The van der Waals surface area contributed by atoms with E-state index in [2.05, 4.69) is 10.5 Å². The average molecular weight is 262 g/mol. The van der Waals surface area contributed by atoms with Crippen molar-refractivity contribution >= 4 is 17.2 Å². The third-order valence-corrected chi connectivity index (χ3v) is 3.27. The fourth-order valence-corrected chi connectivity index (χ4v) is 2.38. The number of thiazole rings is 1. The van der Waals surface area contributed by atoms with E-state index in [1.807, 2.05) is 44.2 Å². The van der Waals surface area contributed by atoms with Gasteiger partial charge in [0.15, 0.2) is 0 Å². The summed E-state index contributed by atoms with van der Waals surface area (Å²) in [5.74, 6) is -0.249. The van der Waals surface area contributed by atoms with Crippen molar-refractivity contribution in [3.8, 4) is 11.3 Å².